The minimum Gasteiger partial charge on any atom is -0.461 e. The fourth-order valence-corrected chi connectivity index (χ4v) is 3.66. The van der Waals surface area contributed by atoms with Crippen LogP contribution in [0.3, 0.4) is 0 Å². The molecule has 6 heteroatoms. The molecule has 1 amide bonds. The number of esters is 1. The Labute approximate surface area is 160 Å². The summed E-state index contributed by atoms with van der Waals surface area (Å²) in [7, 11) is 0. The van der Waals surface area contributed by atoms with Gasteiger partial charge in [0.1, 0.15) is 5.69 Å². The van der Waals surface area contributed by atoms with Crippen LogP contribution in [0.5, 0.6) is 0 Å². The number of hydrogen-bond donors (Lipinski definition) is 1. The summed E-state index contributed by atoms with van der Waals surface area (Å²) in [5.41, 5.74) is 3.69. The second kappa shape index (κ2) is 8.29. The van der Waals surface area contributed by atoms with Crippen LogP contribution < -0.4 is 4.90 Å². The third-order valence-corrected chi connectivity index (χ3v) is 5.03. The normalized spacial score (nSPS) is 14.3. The number of benzene rings is 1. The lowest BCUT2D eigenvalue weighted by atomic mass is 10.0. The summed E-state index contributed by atoms with van der Waals surface area (Å²) >= 11 is 0. The summed E-state index contributed by atoms with van der Waals surface area (Å²) in [6, 6.07) is 10.2. The Kier molecular flexibility index (Phi) is 5.84. The van der Waals surface area contributed by atoms with Crippen molar-refractivity contribution in [2.75, 3.05) is 37.7 Å². The maximum absolute atomic E-state index is 13.2. The fourth-order valence-electron chi connectivity index (χ4n) is 3.66. The number of carbonyl (C=O) groups is 2. The van der Waals surface area contributed by atoms with Gasteiger partial charge in [0.25, 0.3) is 5.91 Å². The number of aromatic nitrogens is 1. The summed E-state index contributed by atoms with van der Waals surface area (Å²) in [6.07, 6.45) is 0.601. The highest BCUT2D eigenvalue weighted by atomic mass is 16.5. The zero-order valence-electron chi connectivity index (χ0n) is 16.2. The van der Waals surface area contributed by atoms with Crippen molar-refractivity contribution in [1.29, 1.82) is 0 Å². The molecule has 0 spiro atoms. The number of para-hydroxylation sites is 1. The first kappa shape index (κ1) is 19.0. The predicted molar refractivity (Wildman–Crippen MR) is 105 cm³/mol. The van der Waals surface area contributed by atoms with E-state index >= 15 is 0 Å². The predicted octanol–water partition coefficient (Wildman–Crippen LogP) is 3.02. The van der Waals surface area contributed by atoms with Crippen LogP contribution in [0.25, 0.3) is 0 Å². The number of aromatic amines is 1. The van der Waals surface area contributed by atoms with Crippen molar-refractivity contribution in [3.05, 3.63) is 52.8 Å². The molecule has 1 aromatic heterocycles. The second-order valence-electron chi connectivity index (χ2n) is 6.67. The van der Waals surface area contributed by atoms with Gasteiger partial charge in [0.05, 0.1) is 12.2 Å². The maximum Gasteiger partial charge on any atom is 0.355 e. The number of hydrogen-bond acceptors (Lipinski definition) is 4. The number of ether oxygens (including phenoxy) is 1. The maximum atomic E-state index is 13.2. The molecule has 27 heavy (non-hydrogen) atoms. The zero-order chi connectivity index (χ0) is 19.4. The lowest BCUT2D eigenvalue weighted by Gasteiger charge is -2.36. The standard InChI is InChI=1S/C21H27N3O3/c1-4-17-18(15(3)22-19(17)21(26)27-5-2)20(25)24-13-11-23(12-14-24)16-9-7-6-8-10-16/h6-10,22H,4-5,11-14H2,1-3H3. The van der Waals surface area contributed by atoms with Gasteiger partial charge in [-0.1, -0.05) is 25.1 Å². The first-order chi connectivity index (χ1) is 13.1. The largest absolute Gasteiger partial charge is 0.461 e. The molecule has 2 aromatic rings. The van der Waals surface area contributed by atoms with E-state index in [1.54, 1.807) is 6.92 Å². The topological polar surface area (TPSA) is 65.6 Å². The first-order valence-corrected chi connectivity index (χ1v) is 9.54. The number of nitrogens with one attached hydrogen (secondary N) is 1. The molecular formula is C21H27N3O3. The molecule has 0 atom stereocenters. The number of anilines is 1. The quantitative estimate of drug-likeness (QED) is 0.823. The van der Waals surface area contributed by atoms with E-state index in [1.807, 2.05) is 36.9 Å². The van der Waals surface area contributed by atoms with Gasteiger partial charge in [-0.2, -0.15) is 0 Å². The first-order valence-electron chi connectivity index (χ1n) is 9.54. The highest BCUT2D eigenvalue weighted by molar-refractivity contribution is 6.01. The minimum atomic E-state index is -0.398. The van der Waals surface area contributed by atoms with Gasteiger partial charge in [0.2, 0.25) is 0 Å². The molecule has 6 nitrogen and oxygen atoms in total. The van der Waals surface area contributed by atoms with Crippen molar-refractivity contribution < 1.29 is 14.3 Å². The van der Waals surface area contributed by atoms with Crippen molar-refractivity contribution in [2.24, 2.45) is 0 Å². The van der Waals surface area contributed by atoms with Gasteiger partial charge in [-0.3, -0.25) is 4.79 Å². The van der Waals surface area contributed by atoms with Crippen molar-refractivity contribution in [2.45, 2.75) is 27.2 Å². The van der Waals surface area contributed by atoms with E-state index in [2.05, 4.69) is 22.0 Å². The Bertz CT molecular complexity index is 806. The summed E-state index contributed by atoms with van der Waals surface area (Å²) in [6.45, 7) is 8.80. The van der Waals surface area contributed by atoms with Gasteiger partial charge >= 0.3 is 5.97 Å². The molecule has 3 rings (SSSR count). The number of carbonyl (C=O) groups excluding carboxylic acids is 2. The number of amides is 1. The van der Waals surface area contributed by atoms with Crippen molar-refractivity contribution in [3.63, 3.8) is 0 Å². The van der Waals surface area contributed by atoms with E-state index in [0.717, 1.165) is 24.3 Å². The van der Waals surface area contributed by atoms with E-state index in [4.69, 9.17) is 4.74 Å². The monoisotopic (exact) mass is 369 g/mol. The molecular weight excluding hydrogens is 342 g/mol. The van der Waals surface area contributed by atoms with Crippen LogP contribution in [0.2, 0.25) is 0 Å². The van der Waals surface area contributed by atoms with Crippen LogP contribution in [0, 0.1) is 6.92 Å². The van der Waals surface area contributed by atoms with Gasteiger partial charge in [-0.15, -0.1) is 0 Å². The Morgan fingerprint density at radius 1 is 1.07 bits per heavy atom. The molecule has 144 valence electrons. The molecule has 1 saturated heterocycles. The van der Waals surface area contributed by atoms with Crippen LogP contribution in [-0.2, 0) is 11.2 Å². The Morgan fingerprint density at radius 2 is 1.74 bits per heavy atom. The van der Waals surface area contributed by atoms with Crippen LogP contribution in [0.1, 0.15) is 46.0 Å². The molecule has 1 N–H and O–H groups in total. The zero-order valence-corrected chi connectivity index (χ0v) is 16.2. The second-order valence-corrected chi connectivity index (χ2v) is 6.67. The summed E-state index contributed by atoms with van der Waals surface area (Å²) in [5.74, 6) is -0.408. The van der Waals surface area contributed by atoms with E-state index in [1.165, 1.54) is 5.69 Å². The third-order valence-electron chi connectivity index (χ3n) is 5.03. The minimum absolute atomic E-state index is 0.0103. The highest BCUT2D eigenvalue weighted by Crippen LogP contribution is 2.24. The van der Waals surface area contributed by atoms with E-state index in [9.17, 15) is 9.59 Å². The van der Waals surface area contributed by atoms with Crippen LogP contribution in [-0.4, -0.2) is 54.5 Å². The molecule has 1 aliphatic heterocycles. The molecule has 0 unspecified atom stereocenters. The smallest absolute Gasteiger partial charge is 0.355 e. The molecule has 0 radical (unpaired) electrons. The summed E-state index contributed by atoms with van der Waals surface area (Å²) < 4.78 is 5.13. The van der Waals surface area contributed by atoms with E-state index in [0.29, 0.717) is 37.4 Å². The van der Waals surface area contributed by atoms with Crippen molar-refractivity contribution in [1.82, 2.24) is 9.88 Å². The molecule has 1 aromatic carbocycles. The average Bonchev–Trinajstić information content (AvgIpc) is 3.05. The average molecular weight is 369 g/mol. The molecule has 0 saturated carbocycles. The lowest BCUT2D eigenvalue weighted by molar-refractivity contribution is 0.0519. The molecule has 0 aliphatic carbocycles. The van der Waals surface area contributed by atoms with Gasteiger partial charge in [0.15, 0.2) is 0 Å². The summed E-state index contributed by atoms with van der Waals surface area (Å²) in [4.78, 5) is 32.6. The molecule has 0 bridgehead atoms. The van der Waals surface area contributed by atoms with Crippen LogP contribution in [0.15, 0.2) is 30.3 Å². The lowest BCUT2D eigenvalue weighted by Crippen LogP contribution is -2.49. The number of rotatable bonds is 5. The molecule has 1 fully saturated rings. The van der Waals surface area contributed by atoms with Crippen LogP contribution >= 0.6 is 0 Å². The van der Waals surface area contributed by atoms with Crippen molar-refractivity contribution in [3.8, 4) is 0 Å². The number of nitrogens with zero attached hydrogens (tertiary/aromatic N) is 2. The Morgan fingerprint density at radius 3 is 2.33 bits per heavy atom. The Hall–Kier alpha value is -2.76. The third kappa shape index (κ3) is 3.84. The SMILES string of the molecule is CCOC(=O)c1[nH]c(C)c(C(=O)N2CCN(c3ccccc3)CC2)c1CC. The number of piperazine rings is 1. The number of aryl methyl sites for hydroxylation is 1. The summed E-state index contributed by atoms with van der Waals surface area (Å²) in [5, 5.41) is 0. The van der Waals surface area contributed by atoms with Gasteiger partial charge in [0, 0.05) is 37.6 Å². The van der Waals surface area contributed by atoms with E-state index < -0.39 is 5.97 Å². The molecule has 1 aliphatic rings. The van der Waals surface area contributed by atoms with Gasteiger partial charge < -0.3 is 19.5 Å². The van der Waals surface area contributed by atoms with Crippen LogP contribution in [0.4, 0.5) is 5.69 Å². The van der Waals surface area contributed by atoms with Gasteiger partial charge in [-0.25, -0.2) is 4.79 Å². The number of H-pyrrole nitrogens is 1. The fraction of sp³-hybridized carbons (Fsp3) is 0.429. The molecule has 2 heterocycles. The van der Waals surface area contributed by atoms with E-state index in [-0.39, 0.29) is 5.91 Å². The highest BCUT2D eigenvalue weighted by Gasteiger charge is 2.29. The Balaban J connectivity index is 1.76. The van der Waals surface area contributed by atoms with Gasteiger partial charge in [-0.05, 0) is 38.0 Å². The van der Waals surface area contributed by atoms with Crippen molar-refractivity contribution >= 4 is 17.6 Å².